The summed E-state index contributed by atoms with van der Waals surface area (Å²) in [6.07, 6.45) is 9.40. The highest BCUT2D eigenvalue weighted by atomic mass is 16.5. The number of anilines is 3. The highest BCUT2D eigenvalue weighted by Crippen LogP contribution is 2.69. The number of nitrogens with zero attached hydrogens (tertiary/aromatic N) is 1. The van der Waals surface area contributed by atoms with Gasteiger partial charge < -0.3 is 9.64 Å². The molecule has 0 amide bonds. The number of hydrogen-bond donors (Lipinski definition) is 0. The highest BCUT2D eigenvalue weighted by Gasteiger charge is 2.61. The summed E-state index contributed by atoms with van der Waals surface area (Å²) in [6.45, 7) is 9.67. The van der Waals surface area contributed by atoms with Crippen molar-refractivity contribution in [2.24, 2.45) is 23.7 Å². The molecule has 0 N–H and O–H groups in total. The predicted molar refractivity (Wildman–Crippen MR) is 181 cm³/mol. The van der Waals surface area contributed by atoms with Crippen LogP contribution in [-0.4, -0.2) is 0 Å². The molecule has 1 spiro atoms. The average Bonchev–Trinajstić information content (AvgIpc) is 3.02. The highest BCUT2D eigenvalue weighted by molar-refractivity contribution is 5.79. The van der Waals surface area contributed by atoms with E-state index in [1.54, 1.807) is 0 Å². The molecule has 1 heterocycles. The van der Waals surface area contributed by atoms with Crippen LogP contribution in [-0.2, 0) is 16.2 Å². The summed E-state index contributed by atoms with van der Waals surface area (Å²) >= 11 is 0. The number of rotatable bonds is 3. The van der Waals surface area contributed by atoms with E-state index >= 15 is 0 Å². The van der Waals surface area contributed by atoms with Crippen molar-refractivity contribution in [1.29, 1.82) is 0 Å². The summed E-state index contributed by atoms with van der Waals surface area (Å²) in [6, 6.07) is 34.4. The van der Waals surface area contributed by atoms with Gasteiger partial charge in [-0.15, -0.1) is 0 Å². The van der Waals surface area contributed by atoms with Crippen molar-refractivity contribution in [2.45, 2.75) is 88.9 Å². The van der Waals surface area contributed by atoms with Gasteiger partial charge in [-0.2, -0.15) is 0 Å². The van der Waals surface area contributed by atoms with Gasteiger partial charge >= 0.3 is 0 Å². The topological polar surface area (TPSA) is 12.5 Å². The summed E-state index contributed by atoms with van der Waals surface area (Å²) in [5, 5.41) is 0. The number of hydrogen-bond acceptors (Lipinski definition) is 2. The first-order valence-electron chi connectivity index (χ1n) is 17.2. The Labute approximate surface area is 263 Å². The van der Waals surface area contributed by atoms with Crippen LogP contribution < -0.4 is 9.64 Å². The molecular weight excluding hydrogens is 534 g/mol. The van der Waals surface area contributed by atoms with E-state index in [-0.39, 0.29) is 16.2 Å². The van der Waals surface area contributed by atoms with Gasteiger partial charge in [0.25, 0.3) is 0 Å². The fourth-order valence-corrected chi connectivity index (χ4v) is 10.8. The molecule has 0 unspecified atom stereocenters. The maximum atomic E-state index is 6.90. The van der Waals surface area contributed by atoms with Crippen LogP contribution >= 0.6 is 0 Å². The molecule has 0 saturated heterocycles. The van der Waals surface area contributed by atoms with Crippen LogP contribution in [0.5, 0.6) is 11.5 Å². The maximum Gasteiger partial charge on any atom is 0.133 e. The molecule has 44 heavy (non-hydrogen) atoms. The Morgan fingerprint density at radius 1 is 0.523 bits per heavy atom. The van der Waals surface area contributed by atoms with Crippen LogP contribution in [0, 0.1) is 23.7 Å². The number of benzene rings is 4. The Morgan fingerprint density at radius 3 is 1.80 bits per heavy atom. The third kappa shape index (κ3) is 3.72. The number of ether oxygens (including phenoxy) is 1. The van der Waals surface area contributed by atoms with Crippen molar-refractivity contribution in [2.75, 3.05) is 4.90 Å². The Kier molecular flexibility index (Phi) is 5.65. The Hall–Kier alpha value is -3.52. The zero-order valence-corrected chi connectivity index (χ0v) is 26.8. The van der Waals surface area contributed by atoms with Crippen LogP contribution in [0.25, 0.3) is 0 Å². The quantitative estimate of drug-likeness (QED) is 0.239. The molecule has 4 aromatic carbocycles. The minimum Gasteiger partial charge on any atom is -0.457 e. The SMILES string of the molecule is CC1(C)CCC(C)(C)c2cc(N(c3ccccc3)c3ccc4c(c3)Oc3ccccc3C43C4CC5CC(C4)CC3C5)ccc21. The predicted octanol–water partition coefficient (Wildman–Crippen LogP) is 11.4. The van der Waals surface area contributed by atoms with E-state index in [4.69, 9.17) is 4.74 Å². The third-order valence-corrected chi connectivity index (χ3v) is 12.8. The first-order valence-corrected chi connectivity index (χ1v) is 17.2. The molecule has 4 saturated carbocycles. The lowest BCUT2D eigenvalue weighted by atomic mass is 9.42. The smallest absolute Gasteiger partial charge is 0.133 e. The van der Waals surface area contributed by atoms with Gasteiger partial charge in [0, 0.05) is 39.7 Å². The van der Waals surface area contributed by atoms with Crippen molar-refractivity contribution in [3.8, 4) is 11.5 Å². The zero-order chi connectivity index (χ0) is 29.8. The van der Waals surface area contributed by atoms with Crippen molar-refractivity contribution < 1.29 is 4.74 Å². The molecule has 5 aliphatic carbocycles. The molecule has 4 fully saturated rings. The summed E-state index contributed by atoms with van der Waals surface area (Å²) in [4.78, 5) is 2.45. The minimum atomic E-state index is 0.0785. The number of fused-ring (bicyclic) bond motifs is 3. The lowest BCUT2D eigenvalue weighted by molar-refractivity contribution is -0.0452. The van der Waals surface area contributed by atoms with Crippen LogP contribution in [0.2, 0.25) is 0 Å². The lowest BCUT2D eigenvalue weighted by Gasteiger charge is -2.63. The average molecular weight is 580 g/mol. The Morgan fingerprint density at radius 2 is 1.09 bits per heavy atom. The molecular formula is C42H45NO. The van der Waals surface area contributed by atoms with Crippen molar-refractivity contribution in [3.63, 3.8) is 0 Å². The van der Waals surface area contributed by atoms with Gasteiger partial charge in [-0.25, -0.2) is 0 Å². The molecule has 1 aliphatic heterocycles. The molecule has 0 aromatic heterocycles. The normalized spacial score (nSPS) is 29.8. The number of para-hydroxylation sites is 2. The van der Waals surface area contributed by atoms with Gasteiger partial charge in [0.15, 0.2) is 0 Å². The first kappa shape index (κ1) is 26.8. The van der Waals surface area contributed by atoms with E-state index < -0.39 is 0 Å². The van der Waals surface area contributed by atoms with E-state index in [9.17, 15) is 0 Å². The second kappa shape index (κ2) is 9.25. The van der Waals surface area contributed by atoms with Crippen LogP contribution in [0.15, 0.2) is 91.0 Å². The van der Waals surface area contributed by atoms with Gasteiger partial charge in [-0.3, -0.25) is 0 Å². The largest absolute Gasteiger partial charge is 0.457 e. The lowest BCUT2D eigenvalue weighted by Crippen LogP contribution is -2.56. The molecule has 0 atom stereocenters. The van der Waals surface area contributed by atoms with E-state index in [1.807, 2.05) is 0 Å². The first-order chi connectivity index (χ1) is 21.2. The second-order valence-corrected chi connectivity index (χ2v) is 16.1. The molecule has 2 nitrogen and oxygen atoms in total. The molecule has 6 aliphatic rings. The fraction of sp³-hybridized carbons (Fsp3) is 0.429. The molecule has 224 valence electrons. The van der Waals surface area contributed by atoms with Gasteiger partial charge in [-0.1, -0.05) is 76.2 Å². The van der Waals surface area contributed by atoms with E-state index in [0.29, 0.717) is 11.8 Å². The standard InChI is InChI=1S/C42H45NO/c1-40(2)18-19-41(3,4)37-25-32(14-16-34(37)40)43(31-10-6-5-7-11-31)33-15-17-36-39(26-33)44-38-13-9-8-12-35(38)42(36)29-21-27-20-28(23-29)24-30(42)22-27/h5-17,25-30H,18-24H2,1-4H3. The molecule has 10 rings (SSSR count). The fourth-order valence-electron chi connectivity index (χ4n) is 10.8. The molecule has 4 bridgehead atoms. The van der Waals surface area contributed by atoms with Gasteiger partial charge in [0.1, 0.15) is 11.5 Å². The van der Waals surface area contributed by atoms with Crippen LogP contribution in [0.4, 0.5) is 17.1 Å². The van der Waals surface area contributed by atoms with Gasteiger partial charge in [0.2, 0.25) is 0 Å². The third-order valence-electron chi connectivity index (χ3n) is 12.8. The molecule has 4 aromatic rings. The van der Waals surface area contributed by atoms with Crippen molar-refractivity contribution >= 4 is 17.1 Å². The Bertz CT molecular complexity index is 1740. The maximum absolute atomic E-state index is 6.90. The van der Waals surface area contributed by atoms with Crippen molar-refractivity contribution in [1.82, 2.24) is 0 Å². The molecule has 0 radical (unpaired) electrons. The summed E-state index contributed by atoms with van der Waals surface area (Å²) < 4.78 is 6.90. The van der Waals surface area contributed by atoms with E-state index in [1.165, 1.54) is 84.3 Å². The summed E-state index contributed by atoms with van der Waals surface area (Å²) in [5.41, 5.74) is 9.88. The Balaban J connectivity index is 1.22. The monoisotopic (exact) mass is 579 g/mol. The van der Waals surface area contributed by atoms with Crippen LogP contribution in [0.1, 0.15) is 94.9 Å². The van der Waals surface area contributed by atoms with Crippen LogP contribution in [0.3, 0.4) is 0 Å². The van der Waals surface area contributed by atoms with Crippen molar-refractivity contribution in [3.05, 3.63) is 113 Å². The zero-order valence-electron chi connectivity index (χ0n) is 26.8. The summed E-state index contributed by atoms with van der Waals surface area (Å²) in [7, 11) is 0. The van der Waals surface area contributed by atoms with Gasteiger partial charge in [-0.05, 0) is 127 Å². The van der Waals surface area contributed by atoms with Gasteiger partial charge in [0.05, 0.1) is 0 Å². The van der Waals surface area contributed by atoms with E-state index in [2.05, 4.69) is 124 Å². The summed E-state index contributed by atoms with van der Waals surface area (Å²) in [5.74, 6) is 5.41. The second-order valence-electron chi connectivity index (χ2n) is 16.1. The molecule has 2 heteroatoms. The minimum absolute atomic E-state index is 0.0785. The van der Waals surface area contributed by atoms with E-state index in [0.717, 1.165) is 23.3 Å².